The lowest BCUT2D eigenvalue weighted by molar-refractivity contribution is -0.133. The fourth-order valence-corrected chi connectivity index (χ4v) is 3.63. The third-order valence-corrected chi connectivity index (χ3v) is 5.01. The van der Waals surface area contributed by atoms with Crippen LogP contribution in [0.3, 0.4) is 0 Å². The molecule has 2 atom stereocenters. The zero-order chi connectivity index (χ0) is 15.4. The Kier molecular flexibility index (Phi) is 3.20. The number of carbonyl (C=O) groups is 3. The Balaban J connectivity index is 1.63. The number of imide groups is 1. The van der Waals surface area contributed by atoms with Crippen LogP contribution in [0.1, 0.15) is 13.8 Å². The first kappa shape index (κ1) is 14.3. The number of rotatable bonds is 2. The van der Waals surface area contributed by atoms with E-state index in [9.17, 15) is 14.4 Å². The fourth-order valence-electron chi connectivity index (χ4n) is 3.63. The van der Waals surface area contributed by atoms with Crippen LogP contribution in [0.15, 0.2) is 0 Å². The molecule has 3 rings (SSSR count). The zero-order valence-corrected chi connectivity index (χ0v) is 12.8. The van der Waals surface area contributed by atoms with E-state index in [0.717, 1.165) is 26.2 Å². The normalized spacial score (nSPS) is 31.8. The standard InChI is InChI=1S/C14H22N4O3/c1-14(2)12(20)15-13(21)18(14)8-11(19)17-6-9-4-16(3)5-10(9)7-17/h9-10H,4-8H2,1-3H3,(H,15,20,21)/t9-,10+. The predicted octanol–water partition coefficient (Wildman–Crippen LogP) is -0.663. The molecule has 0 aromatic rings. The highest BCUT2D eigenvalue weighted by molar-refractivity contribution is 6.07. The maximum absolute atomic E-state index is 12.4. The van der Waals surface area contributed by atoms with Gasteiger partial charge in [0.2, 0.25) is 5.91 Å². The maximum atomic E-state index is 12.4. The average molecular weight is 294 g/mol. The molecule has 3 saturated heterocycles. The molecule has 7 nitrogen and oxygen atoms in total. The molecule has 116 valence electrons. The summed E-state index contributed by atoms with van der Waals surface area (Å²) in [5.41, 5.74) is -0.956. The molecule has 0 saturated carbocycles. The van der Waals surface area contributed by atoms with E-state index in [0.29, 0.717) is 11.8 Å². The van der Waals surface area contributed by atoms with Gasteiger partial charge in [0.15, 0.2) is 0 Å². The van der Waals surface area contributed by atoms with E-state index in [4.69, 9.17) is 0 Å². The number of nitrogens with zero attached hydrogens (tertiary/aromatic N) is 3. The summed E-state index contributed by atoms with van der Waals surface area (Å²) in [6.07, 6.45) is 0. The Bertz CT molecular complexity index is 490. The summed E-state index contributed by atoms with van der Waals surface area (Å²) in [4.78, 5) is 41.4. The van der Waals surface area contributed by atoms with E-state index in [2.05, 4.69) is 17.3 Å². The number of fused-ring (bicyclic) bond motifs is 1. The van der Waals surface area contributed by atoms with Crippen molar-refractivity contribution < 1.29 is 14.4 Å². The van der Waals surface area contributed by atoms with Crippen LogP contribution >= 0.6 is 0 Å². The molecule has 0 bridgehead atoms. The highest BCUT2D eigenvalue weighted by Crippen LogP contribution is 2.30. The molecule has 0 radical (unpaired) electrons. The molecular weight excluding hydrogens is 272 g/mol. The molecule has 0 aromatic carbocycles. The molecule has 3 aliphatic heterocycles. The molecule has 4 amide bonds. The molecule has 21 heavy (non-hydrogen) atoms. The number of nitrogens with one attached hydrogen (secondary N) is 1. The average Bonchev–Trinajstić information content (AvgIpc) is 2.96. The molecule has 1 N–H and O–H groups in total. The first-order valence-corrected chi connectivity index (χ1v) is 7.38. The van der Waals surface area contributed by atoms with E-state index in [1.807, 2.05) is 4.90 Å². The fraction of sp³-hybridized carbons (Fsp3) is 0.786. The van der Waals surface area contributed by atoms with Crippen molar-refractivity contribution in [3.8, 4) is 0 Å². The molecule has 3 aliphatic rings. The largest absolute Gasteiger partial charge is 0.340 e. The Hall–Kier alpha value is -1.63. The number of carbonyl (C=O) groups excluding carboxylic acids is 3. The molecule has 3 fully saturated rings. The van der Waals surface area contributed by atoms with Crippen LogP contribution in [0.5, 0.6) is 0 Å². The number of likely N-dealkylation sites (tertiary alicyclic amines) is 2. The molecule has 7 heteroatoms. The molecular formula is C14H22N4O3. The summed E-state index contributed by atoms with van der Waals surface area (Å²) in [5, 5.41) is 2.27. The predicted molar refractivity (Wildman–Crippen MR) is 75.4 cm³/mol. The summed E-state index contributed by atoms with van der Waals surface area (Å²) in [6.45, 7) is 6.88. The summed E-state index contributed by atoms with van der Waals surface area (Å²) in [5.74, 6) is 0.673. The highest BCUT2D eigenvalue weighted by Gasteiger charge is 2.47. The van der Waals surface area contributed by atoms with E-state index < -0.39 is 11.6 Å². The van der Waals surface area contributed by atoms with Crippen molar-refractivity contribution >= 4 is 17.8 Å². The van der Waals surface area contributed by atoms with Gasteiger partial charge in [0, 0.05) is 26.2 Å². The van der Waals surface area contributed by atoms with Gasteiger partial charge in [-0.2, -0.15) is 0 Å². The van der Waals surface area contributed by atoms with Crippen LogP contribution in [0, 0.1) is 11.8 Å². The molecule has 3 heterocycles. The summed E-state index contributed by atoms with van der Waals surface area (Å²) < 4.78 is 0. The Morgan fingerprint density at radius 2 is 1.76 bits per heavy atom. The molecule has 0 aromatic heterocycles. The van der Waals surface area contributed by atoms with Crippen LogP contribution in [0.25, 0.3) is 0 Å². The quantitative estimate of drug-likeness (QED) is 0.686. The van der Waals surface area contributed by atoms with Crippen LogP contribution in [0.4, 0.5) is 4.79 Å². The lowest BCUT2D eigenvalue weighted by Crippen LogP contribution is -2.49. The van der Waals surface area contributed by atoms with Crippen molar-refractivity contribution in [2.24, 2.45) is 11.8 Å². The second-order valence-corrected chi connectivity index (χ2v) is 6.94. The number of urea groups is 1. The van der Waals surface area contributed by atoms with Crippen molar-refractivity contribution in [3.63, 3.8) is 0 Å². The van der Waals surface area contributed by atoms with E-state index in [1.54, 1.807) is 13.8 Å². The minimum absolute atomic E-state index is 0.0279. The van der Waals surface area contributed by atoms with Crippen LogP contribution < -0.4 is 5.32 Å². The van der Waals surface area contributed by atoms with Crippen LogP contribution in [-0.2, 0) is 9.59 Å². The zero-order valence-electron chi connectivity index (χ0n) is 12.8. The topological polar surface area (TPSA) is 73.0 Å². The maximum Gasteiger partial charge on any atom is 0.325 e. The minimum atomic E-state index is -0.956. The monoisotopic (exact) mass is 294 g/mol. The number of hydrogen-bond acceptors (Lipinski definition) is 4. The number of amides is 4. The Morgan fingerprint density at radius 3 is 2.24 bits per heavy atom. The summed E-state index contributed by atoms with van der Waals surface area (Å²) in [7, 11) is 2.10. The van der Waals surface area contributed by atoms with E-state index in [-0.39, 0.29) is 18.4 Å². The van der Waals surface area contributed by atoms with Crippen molar-refractivity contribution in [2.75, 3.05) is 39.8 Å². The van der Waals surface area contributed by atoms with Gasteiger partial charge in [-0.25, -0.2) is 4.79 Å². The lowest BCUT2D eigenvalue weighted by atomic mass is 10.0. The molecule has 0 unspecified atom stereocenters. The third-order valence-electron chi connectivity index (χ3n) is 5.01. The highest BCUT2D eigenvalue weighted by atomic mass is 16.2. The molecule has 0 aliphatic carbocycles. The van der Waals surface area contributed by atoms with Gasteiger partial charge in [-0.3, -0.25) is 14.9 Å². The van der Waals surface area contributed by atoms with Crippen molar-refractivity contribution in [1.82, 2.24) is 20.0 Å². The van der Waals surface area contributed by atoms with Gasteiger partial charge in [-0.05, 0) is 32.7 Å². The SMILES string of the molecule is CN1C[C@@H]2CN(C(=O)CN3C(=O)NC(=O)C3(C)C)C[C@@H]2C1. The minimum Gasteiger partial charge on any atom is -0.340 e. The van der Waals surface area contributed by atoms with Gasteiger partial charge in [0.25, 0.3) is 5.91 Å². The van der Waals surface area contributed by atoms with Gasteiger partial charge in [0.05, 0.1) is 0 Å². The first-order chi connectivity index (χ1) is 9.79. The van der Waals surface area contributed by atoms with Crippen molar-refractivity contribution in [2.45, 2.75) is 19.4 Å². The Morgan fingerprint density at radius 1 is 1.19 bits per heavy atom. The summed E-state index contributed by atoms with van der Waals surface area (Å²) in [6, 6.07) is -0.475. The van der Waals surface area contributed by atoms with Gasteiger partial charge < -0.3 is 14.7 Å². The van der Waals surface area contributed by atoms with Crippen molar-refractivity contribution in [3.05, 3.63) is 0 Å². The van der Waals surface area contributed by atoms with Crippen LogP contribution in [0.2, 0.25) is 0 Å². The van der Waals surface area contributed by atoms with Crippen molar-refractivity contribution in [1.29, 1.82) is 0 Å². The molecule has 0 spiro atoms. The Labute approximate surface area is 124 Å². The second-order valence-electron chi connectivity index (χ2n) is 6.94. The van der Waals surface area contributed by atoms with E-state index >= 15 is 0 Å². The van der Waals surface area contributed by atoms with Gasteiger partial charge in [0.1, 0.15) is 12.1 Å². The first-order valence-electron chi connectivity index (χ1n) is 7.38. The van der Waals surface area contributed by atoms with Gasteiger partial charge in [-0.15, -0.1) is 0 Å². The van der Waals surface area contributed by atoms with E-state index in [1.165, 1.54) is 4.90 Å². The van der Waals surface area contributed by atoms with Crippen LogP contribution in [-0.4, -0.2) is 77.9 Å². The second kappa shape index (κ2) is 4.69. The smallest absolute Gasteiger partial charge is 0.325 e. The van der Waals surface area contributed by atoms with Gasteiger partial charge in [-0.1, -0.05) is 0 Å². The van der Waals surface area contributed by atoms with Gasteiger partial charge >= 0.3 is 6.03 Å². The lowest BCUT2D eigenvalue weighted by Gasteiger charge is -2.29. The number of hydrogen-bond donors (Lipinski definition) is 1. The third kappa shape index (κ3) is 2.29. The summed E-state index contributed by atoms with van der Waals surface area (Å²) >= 11 is 0.